The lowest BCUT2D eigenvalue weighted by atomic mass is 10.1. The Morgan fingerprint density at radius 1 is 1.14 bits per heavy atom. The summed E-state index contributed by atoms with van der Waals surface area (Å²) in [5.74, 6) is 0.179. The second-order valence-electron chi connectivity index (χ2n) is 6.26. The fraction of sp³-hybridized carbons (Fsp3) is 0.190. The molecule has 2 aromatic carbocycles. The van der Waals surface area contributed by atoms with Crippen molar-refractivity contribution in [2.45, 2.75) is 6.42 Å². The summed E-state index contributed by atoms with van der Waals surface area (Å²) in [6.45, 7) is 0.318. The van der Waals surface area contributed by atoms with E-state index in [-0.39, 0.29) is 36.6 Å². The van der Waals surface area contributed by atoms with Gasteiger partial charge in [0.05, 0.1) is 18.4 Å². The summed E-state index contributed by atoms with van der Waals surface area (Å²) in [5.41, 5.74) is 1.63. The zero-order valence-corrected chi connectivity index (χ0v) is 17.3. The molecule has 1 saturated heterocycles. The molecule has 2 aromatic rings. The molecule has 6 nitrogen and oxygen atoms in total. The molecule has 1 aliphatic heterocycles. The topological polar surface area (TPSA) is 75.7 Å². The summed E-state index contributed by atoms with van der Waals surface area (Å²) >= 11 is 6.74. The fourth-order valence-electron chi connectivity index (χ4n) is 2.70. The minimum Gasteiger partial charge on any atom is -0.497 e. The average Bonchev–Trinajstić information content (AvgIpc) is 2.97. The zero-order valence-electron chi connectivity index (χ0n) is 15.7. The monoisotopic (exact) mass is 430 g/mol. The summed E-state index contributed by atoms with van der Waals surface area (Å²) < 4.78 is 5.09. The minimum atomic E-state index is -0.362. The molecule has 0 unspecified atom stereocenters. The van der Waals surface area contributed by atoms with Crippen molar-refractivity contribution in [1.82, 2.24) is 10.2 Å². The van der Waals surface area contributed by atoms with Crippen molar-refractivity contribution in [3.05, 3.63) is 69.6 Å². The first-order valence-electron chi connectivity index (χ1n) is 8.87. The second-order valence-corrected chi connectivity index (χ2v) is 7.69. The number of hydrogen-bond donors (Lipinski definition) is 1. The van der Waals surface area contributed by atoms with Crippen LogP contribution in [-0.2, 0) is 16.0 Å². The Hall–Kier alpha value is -2.77. The van der Waals surface area contributed by atoms with Crippen LogP contribution in [0.2, 0.25) is 5.02 Å². The highest BCUT2D eigenvalue weighted by Crippen LogP contribution is 2.32. The molecular weight excluding hydrogens is 412 g/mol. The predicted octanol–water partition coefficient (Wildman–Crippen LogP) is 3.74. The first-order valence-corrected chi connectivity index (χ1v) is 10.1. The maximum atomic E-state index is 12.5. The van der Waals surface area contributed by atoms with Crippen LogP contribution in [0.1, 0.15) is 11.1 Å². The van der Waals surface area contributed by atoms with E-state index in [9.17, 15) is 14.4 Å². The van der Waals surface area contributed by atoms with E-state index in [1.807, 2.05) is 12.1 Å². The lowest BCUT2D eigenvalue weighted by molar-refractivity contribution is -0.124. The number of amides is 3. The Bertz CT molecular complexity index is 942. The van der Waals surface area contributed by atoms with Crippen LogP contribution >= 0.6 is 23.4 Å². The molecule has 1 heterocycles. The molecule has 1 aliphatic rings. The van der Waals surface area contributed by atoms with Crippen LogP contribution in [0.4, 0.5) is 4.79 Å². The Labute approximate surface area is 177 Å². The number of carbonyl (C=O) groups excluding carboxylic acids is 3. The van der Waals surface area contributed by atoms with Crippen molar-refractivity contribution in [1.29, 1.82) is 0 Å². The van der Waals surface area contributed by atoms with Crippen LogP contribution in [0.25, 0.3) is 6.08 Å². The average molecular weight is 431 g/mol. The largest absolute Gasteiger partial charge is 0.497 e. The van der Waals surface area contributed by atoms with Gasteiger partial charge in [-0.25, -0.2) is 0 Å². The molecule has 0 bridgehead atoms. The number of hydrogen-bond acceptors (Lipinski definition) is 5. The SMILES string of the molecule is COc1ccc(CC(=O)NCCN2C(=O)S/C(=C\c3ccc(Cl)cc3)C2=O)cc1. The van der Waals surface area contributed by atoms with Crippen LogP contribution in [-0.4, -0.2) is 42.2 Å². The Morgan fingerprint density at radius 3 is 2.48 bits per heavy atom. The third-order valence-electron chi connectivity index (χ3n) is 4.22. The van der Waals surface area contributed by atoms with Crippen molar-refractivity contribution in [3.8, 4) is 5.75 Å². The lowest BCUT2D eigenvalue weighted by Crippen LogP contribution is -2.37. The van der Waals surface area contributed by atoms with Gasteiger partial charge in [0.15, 0.2) is 0 Å². The summed E-state index contributed by atoms with van der Waals surface area (Å²) in [6.07, 6.45) is 1.87. The number of methoxy groups -OCH3 is 1. The zero-order chi connectivity index (χ0) is 20.8. The van der Waals surface area contributed by atoms with Gasteiger partial charge in [0.1, 0.15) is 5.75 Å². The third-order valence-corrected chi connectivity index (χ3v) is 5.38. The van der Waals surface area contributed by atoms with Crippen LogP contribution in [0.15, 0.2) is 53.4 Å². The molecule has 3 amide bonds. The number of imide groups is 1. The van der Waals surface area contributed by atoms with E-state index in [4.69, 9.17) is 16.3 Å². The van der Waals surface area contributed by atoms with Crippen molar-refractivity contribution < 1.29 is 19.1 Å². The van der Waals surface area contributed by atoms with E-state index in [1.165, 1.54) is 0 Å². The second kappa shape index (κ2) is 9.62. The molecule has 29 heavy (non-hydrogen) atoms. The minimum absolute atomic E-state index is 0.122. The van der Waals surface area contributed by atoms with E-state index in [1.54, 1.807) is 49.6 Å². The maximum Gasteiger partial charge on any atom is 0.293 e. The number of halogens is 1. The van der Waals surface area contributed by atoms with Crippen molar-refractivity contribution in [3.63, 3.8) is 0 Å². The van der Waals surface area contributed by atoms with Crippen molar-refractivity contribution >= 4 is 46.5 Å². The van der Waals surface area contributed by atoms with E-state index >= 15 is 0 Å². The first-order chi connectivity index (χ1) is 14.0. The molecule has 0 spiro atoms. The summed E-state index contributed by atoms with van der Waals surface area (Å²) in [6, 6.07) is 14.2. The highest BCUT2D eigenvalue weighted by atomic mass is 35.5. The Morgan fingerprint density at radius 2 is 1.83 bits per heavy atom. The Balaban J connectivity index is 1.51. The summed E-state index contributed by atoms with van der Waals surface area (Å²) in [4.78, 5) is 38.2. The molecule has 0 aromatic heterocycles. The van der Waals surface area contributed by atoms with Crippen molar-refractivity contribution in [2.75, 3.05) is 20.2 Å². The molecule has 3 rings (SSSR count). The van der Waals surface area contributed by atoms with Gasteiger partial charge < -0.3 is 10.1 Å². The molecule has 0 saturated carbocycles. The van der Waals surface area contributed by atoms with E-state index in [0.717, 1.165) is 33.5 Å². The van der Waals surface area contributed by atoms with Gasteiger partial charge in [-0.15, -0.1) is 0 Å². The predicted molar refractivity (Wildman–Crippen MR) is 114 cm³/mol. The lowest BCUT2D eigenvalue weighted by Gasteiger charge is -2.13. The van der Waals surface area contributed by atoms with E-state index in [0.29, 0.717) is 9.93 Å². The molecule has 0 atom stereocenters. The number of ether oxygens (including phenoxy) is 1. The maximum absolute atomic E-state index is 12.5. The molecular formula is C21H19ClN2O4S. The van der Waals surface area contributed by atoms with E-state index < -0.39 is 0 Å². The smallest absolute Gasteiger partial charge is 0.293 e. The fourth-order valence-corrected chi connectivity index (χ4v) is 3.69. The number of rotatable bonds is 7. The third kappa shape index (κ3) is 5.62. The summed E-state index contributed by atoms with van der Waals surface area (Å²) in [7, 11) is 1.58. The van der Waals surface area contributed by atoms with Crippen LogP contribution in [0.5, 0.6) is 5.75 Å². The summed E-state index contributed by atoms with van der Waals surface area (Å²) in [5, 5.41) is 2.99. The first kappa shape index (κ1) is 21.0. The molecule has 1 N–H and O–H groups in total. The highest BCUT2D eigenvalue weighted by molar-refractivity contribution is 8.18. The van der Waals surface area contributed by atoms with Gasteiger partial charge in [-0.1, -0.05) is 35.9 Å². The Kier molecular flexibility index (Phi) is 6.95. The van der Waals surface area contributed by atoms with Crippen LogP contribution in [0.3, 0.4) is 0 Å². The number of benzene rings is 2. The molecule has 0 aliphatic carbocycles. The van der Waals surface area contributed by atoms with Gasteiger partial charge in [0, 0.05) is 18.1 Å². The molecule has 150 valence electrons. The number of thioether (sulfide) groups is 1. The van der Waals surface area contributed by atoms with Gasteiger partial charge >= 0.3 is 0 Å². The van der Waals surface area contributed by atoms with Gasteiger partial charge in [0.2, 0.25) is 5.91 Å². The highest BCUT2D eigenvalue weighted by Gasteiger charge is 2.34. The quantitative estimate of drug-likeness (QED) is 0.677. The van der Waals surface area contributed by atoms with Gasteiger partial charge in [-0.05, 0) is 53.2 Å². The molecule has 1 fully saturated rings. The standard InChI is InChI=1S/C21H19ClN2O4S/c1-28-17-8-4-15(5-9-17)13-19(25)23-10-11-24-20(26)18(29-21(24)27)12-14-2-6-16(22)7-3-14/h2-9,12H,10-11,13H2,1H3,(H,23,25)/b18-12-. The van der Waals surface area contributed by atoms with Crippen molar-refractivity contribution in [2.24, 2.45) is 0 Å². The number of nitrogens with zero attached hydrogens (tertiary/aromatic N) is 1. The van der Waals surface area contributed by atoms with Gasteiger partial charge in [-0.3, -0.25) is 19.3 Å². The van der Waals surface area contributed by atoms with Gasteiger partial charge in [-0.2, -0.15) is 0 Å². The van der Waals surface area contributed by atoms with E-state index in [2.05, 4.69) is 5.32 Å². The van der Waals surface area contributed by atoms with Crippen LogP contribution in [0, 0.1) is 0 Å². The molecule has 0 radical (unpaired) electrons. The number of carbonyl (C=O) groups is 3. The number of nitrogens with one attached hydrogen (secondary N) is 1. The molecule has 8 heteroatoms. The van der Waals surface area contributed by atoms with Gasteiger partial charge in [0.25, 0.3) is 11.1 Å². The van der Waals surface area contributed by atoms with Crippen LogP contribution < -0.4 is 10.1 Å². The normalized spacial score (nSPS) is 15.1.